The monoisotopic (exact) mass is 1710 g/mol. The molecule has 16 nitrogen and oxygen atoms in total. The highest BCUT2D eigenvalue weighted by Gasteiger charge is 2.30. The zero-order valence-corrected chi connectivity index (χ0v) is 77.3. The topological polar surface area (TPSA) is 231 Å². The maximum absolute atomic E-state index is 13.1. The second kappa shape index (κ2) is 92.4. The normalized spacial score (nSPS) is 14.4. The number of hydrogen-bond donors (Lipinski definition) is 4. The van der Waals surface area contributed by atoms with Crippen LogP contribution in [0.15, 0.2) is 158 Å². The molecule has 0 heterocycles. The highest BCUT2D eigenvalue weighted by atomic mass is 31.2. The van der Waals surface area contributed by atoms with Gasteiger partial charge in [0, 0.05) is 19.3 Å². The van der Waals surface area contributed by atoms with Crippen LogP contribution in [0.5, 0.6) is 0 Å². The van der Waals surface area contributed by atoms with Crippen molar-refractivity contribution >= 4 is 33.6 Å². The van der Waals surface area contributed by atoms with E-state index in [1.54, 1.807) is 0 Å². The van der Waals surface area contributed by atoms with Crippen LogP contribution in [0, 0.1) is 0 Å². The molecule has 0 aliphatic carbocycles. The summed E-state index contributed by atoms with van der Waals surface area (Å²) in [4.78, 5) is 59.0. The Morgan fingerprint density at radius 3 is 0.706 bits per heavy atom. The third-order valence-corrected chi connectivity index (χ3v) is 22.1. The summed E-state index contributed by atoms with van der Waals surface area (Å²) in [5.41, 5.74) is 0. The van der Waals surface area contributed by atoms with Crippen molar-refractivity contribution < 1.29 is 75.8 Å². The van der Waals surface area contributed by atoms with Crippen LogP contribution in [0.3, 0.4) is 0 Å². The molecule has 0 aromatic rings. The van der Waals surface area contributed by atoms with Gasteiger partial charge in [-0.05, 0) is 154 Å². The lowest BCUT2D eigenvalue weighted by atomic mass is 10.0. The fourth-order valence-corrected chi connectivity index (χ4v) is 14.6. The zero-order valence-electron chi connectivity index (χ0n) is 75.5. The van der Waals surface area contributed by atoms with Crippen LogP contribution in [0.2, 0.25) is 0 Å². The maximum Gasteiger partial charge on any atom is 0.472 e. The van der Waals surface area contributed by atoms with Gasteiger partial charge in [0.1, 0.15) is 25.4 Å². The number of carbonyl (C=O) groups excluding carboxylic acids is 3. The number of aliphatic hydroxyl groups is 2. The quantitative estimate of drug-likeness (QED) is 0.0146. The number of unbranched alkanes of at least 4 members (excludes halogenated alkanes) is 41. The van der Waals surface area contributed by atoms with E-state index in [0.717, 1.165) is 161 Å². The highest BCUT2D eigenvalue weighted by Crippen LogP contribution is 2.45. The van der Waals surface area contributed by atoms with E-state index >= 15 is 0 Å². The lowest BCUT2D eigenvalue weighted by Gasteiger charge is -2.21. The Labute approximate surface area is 727 Å². The van der Waals surface area contributed by atoms with Gasteiger partial charge < -0.3 is 34.2 Å². The van der Waals surface area contributed by atoms with Crippen molar-refractivity contribution in [3.63, 3.8) is 0 Å². The van der Waals surface area contributed by atoms with Gasteiger partial charge in [-0.1, -0.05) is 391 Å². The SMILES string of the molecule is CC/C=C\C/C=C\C/C=C\C/C=C\C/C=C\CCCCCCCCCCCCCCCCCCCCCC(=O)OCC(O)COP(=O)(O)OCC(O)COP(=O)(O)OCC(COC(=O)CCCCCCCCCCCCC/C=C\C/C=C\C/C=C\C/C=C\CCCCC)OC(=O)CCCCCCC/C=C\C/C=C\C/C=C\C/C=C\CCCCC. The number of phosphoric ester groups is 2. The van der Waals surface area contributed by atoms with E-state index in [9.17, 15) is 43.5 Å². The van der Waals surface area contributed by atoms with Crippen LogP contribution < -0.4 is 0 Å². The Morgan fingerprint density at radius 1 is 0.244 bits per heavy atom. The number of hydrogen-bond acceptors (Lipinski definition) is 14. The smallest absolute Gasteiger partial charge is 0.463 e. The first-order chi connectivity index (χ1) is 58.2. The molecule has 0 aromatic carbocycles. The largest absolute Gasteiger partial charge is 0.472 e. The molecular formula is C101H174O16P2. The second-order valence-electron chi connectivity index (χ2n) is 31.8. The summed E-state index contributed by atoms with van der Waals surface area (Å²) in [6.07, 6.45) is 119. The molecule has 0 fully saturated rings. The molecule has 0 aliphatic heterocycles. The predicted octanol–water partition coefficient (Wildman–Crippen LogP) is 29.7. The maximum atomic E-state index is 13.1. The Balaban J connectivity index is 4.54. The summed E-state index contributed by atoms with van der Waals surface area (Å²) >= 11 is 0. The molecule has 18 heteroatoms. The zero-order chi connectivity index (χ0) is 86.5. The van der Waals surface area contributed by atoms with Gasteiger partial charge in [-0.25, -0.2) is 9.13 Å². The molecule has 0 aliphatic rings. The number of esters is 3. The number of allylic oxidation sites excluding steroid dienone is 26. The summed E-state index contributed by atoms with van der Waals surface area (Å²) in [5.74, 6) is -1.59. The van der Waals surface area contributed by atoms with Gasteiger partial charge in [-0.2, -0.15) is 0 Å². The average Bonchev–Trinajstić information content (AvgIpc) is 0.905. The van der Waals surface area contributed by atoms with E-state index in [1.165, 1.54) is 186 Å². The molecule has 5 atom stereocenters. The van der Waals surface area contributed by atoms with E-state index in [2.05, 4.69) is 179 Å². The van der Waals surface area contributed by atoms with Crippen LogP contribution >= 0.6 is 15.6 Å². The average molecular weight is 1710 g/mol. The summed E-state index contributed by atoms with van der Waals surface area (Å²) in [7, 11) is -9.82. The van der Waals surface area contributed by atoms with Crippen molar-refractivity contribution in [1.82, 2.24) is 0 Å². The molecule has 5 unspecified atom stereocenters. The molecular weight excluding hydrogens is 1530 g/mol. The second-order valence-corrected chi connectivity index (χ2v) is 34.7. The van der Waals surface area contributed by atoms with Gasteiger partial charge >= 0.3 is 33.6 Å². The van der Waals surface area contributed by atoms with Gasteiger partial charge in [-0.3, -0.25) is 32.5 Å². The van der Waals surface area contributed by atoms with E-state index in [0.29, 0.717) is 19.3 Å². The first-order valence-corrected chi connectivity index (χ1v) is 50.8. The van der Waals surface area contributed by atoms with Gasteiger partial charge in [0.05, 0.1) is 26.4 Å². The van der Waals surface area contributed by atoms with Crippen LogP contribution in [-0.4, -0.2) is 95.9 Å². The van der Waals surface area contributed by atoms with Crippen molar-refractivity contribution in [2.24, 2.45) is 0 Å². The van der Waals surface area contributed by atoms with Crippen molar-refractivity contribution in [3.8, 4) is 0 Å². The summed E-state index contributed by atoms with van der Waals surface area (Å²) in [5, 5.41) is 20.8. The molecule has 0 rings (SSSR count). The summed E-state index contributed by atoms with van der Waals surface area (Å²) in [6, 6.07) is 0. The van der Waals surface area contributed by atoms with Crippen LogP contribution in [0.25, 0.3) is 0 Å². The van der Waals surface area contributed by atoms with Gasteiger partial charge in [0.2, 0.25) is 0 Å². The predicted molar refractivity (Wildman–Crippen MR) is 500 cm³/mol. The highest BCUT2D eigenvalue weighted by molar-refractivity contribution is 7.47. The van der Waals surface area contributed by atoms with E-state index in [4.69, 9.17) is 32.3 Å². The molecule has 0 saturated carbocycles. The Morgan fingerprint density at radius 2 is 0.445 bits per heavy atom. The molecule has 684 valence electrons. The molecule has 4 N–H and O–H groups in total. The van der Waals surface area contributed by atoms with Crippen LogP contribution in [0.4, 0.5) is 0 Å². The third-order valence-electron chi connectivity index (χ3n) is 20.2. The van der Waals surface area contributed by atoms with Crippen molar-refractivity contribution in [1.29, 1.82) is 0 Å². The number of rotatable bonds is 90. The summed E-state index contributed by atoms with van der Waals surface area (Å²) in [6.45, 7) is 2.54. The lowest BCUT2D eigenvalue weighted by Crippen LogP contribution is -2.30. The van der Waals surface area contributed by atoms with Crippen molar-refractivity contribution in [2.45, 2.75) is 424 Å². The fourth-order valence-electron chi connectivity index (χ4n) is 13.0. The van der Waals surface area contributed by atoms with Crippen molar-refractivity contribution in [3.05, 3.63) is 158 Å². The number of aliphatic hydroxyl groups excluding tert-OH is 2. The Kier molecular flexibility index (Phi) is 88.6. The van der Waals surface area contributed by atoms with Gasteiger partial charge in [0.15, 0.2) is 6.10 Å². The molecule has 0 radical (unpaired) electrons. The van der Waals surface area contributed by atoms with Gasteiger partial charge in [0.25, 0.3) is 0 Å². The standard InChI is InChI=1S/C101H174O16P2/c1-4-7-10-13-16-19-22-25-28-31-34-37-39-41-43-44-45-46-47-48-49-50-52-54-55-58-60-63-66-69-72-75-78-81-84-87-99(104)111-90-96(102)91-113-118(107,108)114-92-97(103)93-115-119(109,110)116-95-98(117-101(106)89-86-83-80-77-74-71-68-65-62-57-36-33-30-27-24-21-18-15-12-9-6-3)94-112-100(105)88-85-82-79-76-73-70-67-64-61-59-56-53-51-42-40-38-35-32-29-26-23-20-17-14-11-8-5-2/h7,10,16-21,25-30,34-38,41-43,51,57,65,68,96-98,102-103H,4-6,8-9,11-15,22-24,31-33,39-40,44-50,52-56,58-64,66-67,69-95H2,1-3H3,(H,107,108)(H,109,110)/b10-7-,19-16-,20-17-,21-18-,28-25-,29-26-,30-27-,37-34-,38-35-,43-41-,51-42-,57-36-,68-65-. The van der Waals surface area contributed by atoms with Gasteiger partial charge in [-0.15, -0.1) is 0 Å². The number of ether oxygens (including phenoxy) is 3. The lowest BCUT2D eigenvalue weighted by molar-refractivity contribution is -0.161. The Bertz CT molecular complexity index is 2790. The van der Waals surface area contributed by atoms with Crippen LogP contribution in [0.1, 0.15) is 406 Å². The van der Waals surface area contributed by atoms with E-state index < -0.39 is 91.5 Å². The molecule has 0 spiro atoms. The minimum absolute atomic E-state index is 0.0802. The fraction of sp³-hybridized carbons (Fsp3) is 0.713. The number of carbonyl (C=O) groups is 3. The molecule has 119 heavy (non-hydrogen) atoms. The summed E-state index contributed by atoms with van der Waals surface area (Å²) < 4.78 is 61.5. The molecule has 0 bridgehead atoms. The third kappa shape index (κ3) is 93.7. The minimum atomic E-state index is -4.95. The van der Waals surface area contributed by atoms with Crippen LogP contribution in [-0.2, 0) is 55.8 Å². The van der Waals surface area contributed by atoms with Crippen molar-refractivity contribution in [2.75, 3.05) is 39.6 Å². The first kappa shape index (κ1) is 114. The minimum Gasteiger partial charge on any atom is -0.463 e. The molecule has 0 saturated heterocycles. The van der Waals surface area contributed by atoms with E-state index in [-0.39, 0.29) is 19.3 Å². The molecule has 0 aromatic heterocycles. The Hall–Kier alpha value is -4.83. The molecule has 0 amide bonds. The number of phosphoric acid groups is 2. The first-order valence-electron chi connectivity index (χ1n) is 47.8. The van der Waals surface area contributed by atoms with E-state index in [1.807, 2.05) is 0 Å².